The highest BCUT2D eigenvalue weighted by atomic mass is 32.1. The van der Waals surface area contributed by atoms with E-state index in [2.05, 4.69) is 11.1 Å². The van der Waals surface area contributed by atoms with E-state index in [4.69, 9.17) is 14.2 Å². The lowest BCUT2D eigenvalue weighted by molar-refractivity contribution is 0.0784. The molecule has 0 amide bonds. The second-order valence-corrected chi connectivity index (χ2v) is 7.95. The summed E-state index contributed by atoms with van der Waals surface area (Å²) in [6.07, 6.45) is 4.17. The minimum Gasteiger partial charge on any atom is -0.498 e. The van der Waals surface area contributed by atoms with Crippen LogP contribution in [0.15, 0.2) is 35.7 Å². The number of methoxy groups -OCH3 is 2. The van der Waals surface area contributed by atoms with Gasteiger partial charge in [-0.05, 0) is 11.4 Å². The van der Waals surface area contributed by atoms with Crippen LogP contribution in [0.3, 0.4) is 0 Å². The molecular weight excluding hydrogens is 382 g/mol. The standard InChI is InChI=1S/C19H17N3O3S2/c1-23-15-6-13-14(7-16(15)24-2)22(11-21-13)19-8-17(18(9-20)27-19)25-10-12-4-3-5-26-12/h3-6,8,11,16H,7,10H2,1-2H3. The molecule has 1 atom stereocenters. The van der Waals surface area contributed by atoms with Crippen LogP contribution in [0.1, 0.15) is 21.1 Å². The van der Waals surface area contributed by atoms with Gasteiger partial charge >= 0.3 is 0 Å². The predicted octanol–water partition coefficient (Wildman–Crippen LogP) is 4.00. The molecule has 0 aliphatic heterocycles. The summed E-state index contributed by atoms with van der Waals surface area (Å²) in [5.74, 6) is 1.36. The van der Waals surface area contributed by atoms with E-state index in [9.17, 15) is 5.26 Å². The van der Waals surface area contributed by atoms with E-state index in [0.717, 1.165) is 27.0 Å². The molecule has 6 nitrogen and oxygen atoms in total. The summed E-state index contributed by atoms with van der Waals surface area (Å²) in [5, 5.41) is 12.4. The Labute approximate surface area is 164 Å². The Hall–Kier alpha value is -2.60. The minimum atomic E-state index is -0.150. The average molecular weight is 399 g/mol. The first-order valence-electron chi connectivity index (χ1n) is 8.27. The van der Waals surface area contributed by atoms with Crippen LogP contribution >= 0.6 is 22.7 Å². The molecule has 1 unspecified atom stereocenters. The number of hydrogen-bond acceptors (Lipinski definition) is 7. The zero-order valence-electron chi connectivity index (χ0n) is 14.8. The number of nitrogens with zero attached hydrogens (tertiary/aromatic N) is 3. The first-order chi connectivity index (χ1) is 13.2. The molecule has 4 rings (SSSR count). The monoisotopic (exact) mass is 399 g/mol. The number of hydrogen-bond donors (Lipinski definition) is 0. The third-order valence-electron chi connectivity index (χ3n) is 4.37. The van der Waals surface area contributed by atoms with Gasteiger partial charge in [-0.15, -0.1) is 22.7 Å². The van der Waals surface area contributed by atoms with E-state index in [1.807, 2.05) is 34.2 Å². The van der Waals surface area contributed by atoms with Gasteiger partial charge < -0.3 is 14.2 Å². The number of thiophene rings is 2. The van der Waals surface area contributed by atoms with Crippen molar-refractivity contribution in [2.24, 2.45) is 0 Å². The van der Waals surface area contributed by atoms with Gasteiger partial charge in [0.05, 0.1) is 18.5 Å². The van der Waals surface area contributed by atoms with Crippen LogP contribution < -0.4 is 4.74 Å². The SMILES string of the molecule is COC1=Cc2ncn(-c3cc(OCc4cccs4)c(C#N)s3)c2CC1OC. The second-order valence-electron chi connectivity index (χ2n) is 5.88. The molecule has 0 spiro atoms. The molecule has 0 radical (unpaired) electrons. The maximum absolute atomic E-state index is 9.48. The largest absolute Gasteiger partial charge is 0.498 e. The lowest BCUT2D eigenvalue weighted by Crippen LogP contribution is -2.23. The van der Waals surface area contributed by atoms with Crippen LogP contribution in [-0.4, -0.2) is 29.9 Å². The van der Waals surface area contributed by atoms with Crippen LogP contribution in [0.4, 0.5) is 0 Å². The smallest absolute Gasteiger partial charge is 0.150 e. The van der Waals surface area contributed by atoms with Gasteiger partial charge in [-0.3, -0.25) is 4.57 Å². The van der Waals surface area contributed by atoms with Crippen LogP contribution in [0.25, 0.3) is 11.1 Å². The number of nitriles is 1. The van der Waals surface area contributed by atoms with Gasteiger partial charge in [-0.25, -0.2) is 4.98 Å². The Kier molecular flexibility index (Phi) is 4.99. The van der Waals surface area contributed by atoms with Crippen molar-refractivity contribution in [1.82, 2.24) is 9.55 Å². The van der Waals surface area contributed by atoms with Gasteiger partial charge in [0.1, 0.15) is 40.7 Å². The molecule has 0 aromatic carbocycles. The molecule has 27 heavy (non-hydrogen) atoms. The number of ether oxygens (including phenoxy) is 3. The summed E-state index contributed by atoms with van der Waals surface area (Å²) >= 11 is 3.02. The zero-order valence-corrected chi connectivity index (χ0v) is 16.5. The van der Waals surface area contributed by atoms with E-state index in [0.29, 0.717) is 23.7 Å². The molecule has 1 aliphatic rings. The summed E-state index contributed by atoms with van der Waals surface area (Å²) in [5.41, 5.74) is 1.88. The van der Waals surface area contributed by atoms with Gasteiger partial charge in [-0.1, -0.05) is 6.07 Å². The zero-order chi connectivity index (χ0) is 18.8. The van der Waals surface area contributed by atoms with Crippen molar-refractivity contribution in [3.05, 3.63) is 56.8 Å². The van der Waals surface area contributed by atoms with E-state index in [1.54, 1.807) is 31.9 Å². The number of imidazole rings is 1. The van der Waals surface area contributed by atoms with Gasteiger partial charge in [0.2, 0.25) is 0 Å². The summed E-state index contributed by atoms with van der Waals surface area (Å²) in [4.78, 5) is 6.16. The van der Waals surface area contributed by atoms with Crippen molar-refractivity contribution in [1.29, 1.82) is 5.26 Å². The minimum absolute atomic E-state index is 0.150. The molecule has 138 valence electrons. The highest BCUT2D eigenvalue weighted by molar-refractivity contribution is 7.15. The Morgan fingerprint density at radius 1 is 1.41 bits per heavy atom. The topological polar surface area (TPSA) is 69.3 Å². The summed E-state index contributed by atoms with van der Waals surface area (Å²) in [7, 11) is 3.30. The number of rotatable bonds is 6. The fourth-order valence-electron chi connectivity index (χ4n) is 3.00. The van der Waals surface area contributed by atoms with Gasteiger partial charge in [-0.2, -0.15) is 5.26 Å². The van der Waals surface area contributed by atoms with Crippen molar-refractivity contribution >= 4 is 28.7 Å². The number of fused-ring (bicyclic) bond motifs is 1. The predicted molar refractivity (Wildman–Crippen MR) is 104 cm³/mol. The molecular formula is C19H17N3O3S2. The van der Waals surface area contributed by atoms with Crippen molar-refractivity contribution in [2.45, 2.75) is 19.1 Å². The molecule has 0 fully saturated rings. The lowest BCUT2D eigenvalue weighted by Gasteiger charge is -2.22. The molecule has 8 heteroatoms. The molecule has 0 saturated heterocycles. The van der Waals surface area contributed by atoms with E-state index in [-0.39, 0.29) is 6.10 Å². The van der Waals surface area contributed by atoms with Crippen LogP contribution in [0, 0.1) is 11.3 Å². The Morgan fingerprint density at radius 3 is 3.00 bits per heavy atom. The normalized spacial score (nSPS) is 15.7. The third-order valence-corrected chi connectivity index (χ3v) is 6.24. The molecule has 0 bridgehead atoms. The first kappa shape index (κ1) is 17.8. The maximum Gasteiger partial charge on any atom is 0.150 e. The maximum atomic E-state index is 9.48. The molecule has 3 aromatic rings. The number of aromatic nitrogens is 2. The first-order valence-corrected chi connectivity index (χ1v) is 9.97. The highest BCUT2D eigenvalue weighted by Gasteiger charge is 2.27. The quantitative estimate of drug-likeness (QED) is 0.627. The van der Waals surface area contributed by atoms with Crippen molar-refractivity contribution in [2.75, 3.05) is 14.2 Å². The molecule has 0 N–H and O–H groups in total. The average Bonchev–Trinajstić information content (AvgIpc) is 3.43. The van der Waals surface area contributed by atoms with Crippen LogP contribution in [-0.2, 0) is 22.5 Å². The van der Waals surface area contributed by atoms with Crippen LogP contribution in [0.2, 0.25) is 0 Å². The van der Waals surface area contributed by atoms with E-state index < -0.39 is 0 Å². The van der Waals surface area contributed by atoms with Crippen molar-refractivity contribution < 1.29 is 14.2 Å². The Bertz CT molecular complexity index is 1010. The second kappa shape index (κ2) is 7.56. The van der Waals surface area contributed by atoms with Gasteiger partial charge in [0.25, 0.3) is 0 Å². The molecule has 3 heterocycles. The Balaban J connectivity index is 1.65. The lowest BCUT2D eigenvalue weighted by atomic mass is 10.0. The van der Waals surface area contributed by atoms with Crippen molar-refractivity contribution in [3.63, 3.8) is 0 Å². The summed E-state index contributed by atoms with van der Waals surface area (Å²) in [6, 6.07) is 8.13. The summed E-state index contributed by atoms with van der Waals surface area (Å²) in [6.45, 7) is 0.455. The van der Waals surface area contributed by atoms with Crippen LogP contribution in [0.5, 0.6) is 5.75 Å². The van der Waals surface area contributed by atoms with E-state index >= 15 is 0 Å². The van der Waals surface area contributed by atoms with Gasteiger partial charge in [0, 0.05) is 30.6 Å². The molecule has 0 saturated carbocycles. The summed E-state index contributed by atoms with van der Waals surface area (Å²) < 4.78 is 18.8. The fraction of sp³-hybridized carbons (Fsp3) is 0.263. The van der Waals surface area contributed by atoms with Crippen molar-refractivity contribution in [3.8, 4) is 16.8 Å². The molecule has 3 aromatic heterocycles. The molecule has 1 aliphatic carbocycles. The van der Waals surface area contributed by atoms with Gasteiger partial charge in [0.15, 0.2) is 5.75 Å². The Morgan fingerprint density at radius 2 is 2.30 bits per heavy atom. The third kappa shape index (κ3) is 3.37. The fourth-order valence-corrected chi connectivity index (χ4v) is 4.52. The van der Waals surface area contributed by atoms with E-state index in [1.165, 1.54) is 11.3 Å². The highest BCUT2D eigenvalue weighted by Crippen LogP contribution is 2.35.